The van der Waals surface area contributed by atoms with Crippen molar-refractivity contribution in [3.8, 4) is 0 Å². The van der Waals surface area contributed by atoms with Gasteiger partial charge in [0.25, 0.3) is 0 Å². The van der Waals surface area contributed by atoms with Gasteiger partial charge in [-0.3, -0.25) is 9.59 Å². The molecule has 1 fully saturated rings. The normalized spacial score (nSPS) is 21.1. The Morgan fingerprint density at radius 3 is 1.64 bits per heavy atom. The standard InChI is InChI=1S/C55H89NO10/c1-4-7-10-13-16-19-22-25-28-31-34-37-40-43-50(60)66-53-52(62)51(61)49(44-57)65-55(53)64-45-46(47(58)41-38-35-32-29-26-23-20-17-14-11-8-5-2)56-54(63)48(59)42-39-36-33-30-27-24-21-18-15-12-9-6-3/h7,9-10,12-13,15-16,18-19,21-22,24-25,27-28,30,38,41,46-49,51-53,55,57-59,61-62H,4-6,8,11,14,17,20,23,26,29,31-37,39-40,42-45H2,1-3H3,(H,56,63)/b10-7+,12-9+,16-13+,18-15+,22-19-,24-21-,28-25-,30-27-,41-38+. The molecule has 0 aromatic carbocycles. The van der Waals surface area contributed by atoms with Crippen molar-refractivity contribution in [1.82, 2.24) is 5.32 Å². The fourth-order valence-corrected chi connectivity index (χ4v) is 7.08. The number of unbranched alkanes of at least 4 members (excludes halogenated alkanes) is 15. The van der Waals surface area contributed by atoms with Crippen LogP contribution in [0.5, 0.6) is 0 Å². The molecule has 6 N–H and O–H groups in total. The van der Waals surface area contributed by atoms with E-state index in [1.54, 1.807) is 6.08 Å². The number of allylic oxidation sites excluding steroid dienone is 17. The molecule has 374 valence electrons. The van der Waals surface area contributed by atoms with Gasteiger partial charge in [0.05, 0.1) is 25.4 Å². The summed E-state index contributed by atoms with van der Waals surface area (Å²) >= 11 is 0. The summed E-state index contributed by atoms with van der Waals surface area (Å²) in [7, 11) is 0. The predicted octanol–water partition coefficient (Wildman–Crippen LogP) is 10.2. The molecule has 1 saturated heterocycles. The van der Waals surface area contributed by atoms with E-state index in [9.17, 15) is 35.1 Å². The fraction of sp³-hybridized carbons (Fsp3) is 0.636. The van der Waals surface area contributed by atoms with Crippen LogP contribution >= 0.6 is 0 Å². The van der Waals surface area contributed by atoms with Crippen molar-refractivity contribution in [1.29, 1.82) is 0 Å². The van der Waals surface area contributed by atoms with Crippen molar-refractivity contribution in [3.05, 3.63) is 109 Å². The first-order valence-corrected chi connectivity index (χ1v) is 25.3. The number of nitrogens with one attached hydrogen (secondary N) is 1. The predicted molar refractivity (Wildman–Crippen MR) is 268 cm³/mol. The van der Waals surface area contributed by atoms with Gasteiger partial charge in [-0.05, 0) is 64.2 Å². The van der Waals surface area contributed by atoms with Gasteiger partial charge in [-0.1, -0.05) is 201 Å². The third kappa shape index (κ3) is 31.3. The smallest absolute Gasteiger partial charge is 0.306 e. The molecule has 0 bridgehead atoms. The van der Waals surface area contributed by atoms with Crippen LogP contribution in [0.1, 0.15) is 162 Å². The molecule has 1 rings (SSSR count). The van der Waals surface area contributed by atoms with E-state index in [4.69, 9.17) is 14.2 Å². The van der Waals surface area contributed by atoms with Crippen molar-refractivity contribution in [2.45, 2.75) is 211 Å². The fourth-order valence-electron chi connectivity index (χ4n) is 7.08. The molecule has 1 amide bonds. The molecule has 0 aromatic heterocycles. The highest BCUT2D eigenvalue weighted by Gasteiger charge is 2.47. The molecule has 8 atom stereocenters. The molecule has 1 aliphatic heterocycles. The summed E-state index contributed by atoms with van der Waals surface area (Å²) in [5.41, 5.74) is 0. The number of esters is 1. The summed E-state index contributed by atoms with van der Waals surface area (Å²) in [5, 5.41) is 56.4. The van der Waals surface area contributed by atoms with Crippen LogP contribution in [0, 0.1) is 0 Å². The lowest BCUT2D eigenvalue weighted by Crippen LogP contribution is -2.61. The first kappa shape index (κ1) is 60.3. The van der Waals surface area contributed by atoms with Gasteiger partial charge in [0.15, 0.2) is 12.4 Å². The van der Waals surface area contributed by atoms with E-state index in [0.29, 0.717) is 12.8 Å². The minimum Gasteiger partial charge on any atom is -0.454 e. The molecule has 1 aliphatic rings. The summed E-state index contributed by atoms with van der Waals surface area (Å²) in [6.45, 7) is 5.39. The molecule has 11 nitrogen and oxygen atoms in total. The van der Waals surface area contributed by atoms with Crippen LogP contribution in [-0.2, 0) is 23.8 Å². The van der Waals surface area contributed by atoms with Gasteiger partial charge < -0.3 is 45.1 Å². The quantitative estimate of drug-likeness (QED) is 0.0151. The Hall–Kier alpha value is -3.68. The number of ether oxygens (including phenoxy) is 3. The summed E-state index contributed by atoms with van der Waals surface area (Å²) in [5.74, 6) is -1.29. The number of aliphatic hydroxyl groups is 5. The highest BCUT2D eigenvalue weighted by molar-refractivity contribution is 5.80. The maximum atomic E-state index is 13.3. The van der Waals surface area contributed by atoms with Gasteiger partial charge in [-0.15, -0.1) is 0 Å². The van der Waals surface area contributed by atoms with Gasteiger partial charge in [0.2, 0.25) is 5.91 Å². The molecule has 8 unspecified atom stereocenters. The van der Waals surface area contributed by atoms with E-state index in [1.807, 2.05) is 85.1 Å². The van der Waals surface area contributed by atoms with Crippen molar-refractivity contribution in [2.24, 2.45) is 0 Å². The van der Waals surface area contributed by atoms with Crippen LogP contribution in [0.15, 0.2) is 109 Å². The molecule has 1 heterocycles. The van der Waals surface area contributed by atoms with Crippen LogP contribution in [0.2, 0.25) is 0 Å². The minimum absolute atomic E-state index is 0.0659. The zero-order chi connectivity index (χ0) is 48.3. The van der Waals surface area contributed by atoms with Gasteiger partial charge in [0, 0.05) is 6.42 Å². The maximum Gasteiger partial charge on any atom is 0.306 e. The van der Waals surface area contributed by atoms with Crippen molar-refractivity contribution < 1.29 is 49.3 Å². The van der Waals surface area contributed by atoms with Crippen LogP contribution < -0.4 is 5.32 Å². The monoisotopic (exact) mass is 924 g/mol. The number of hydrogen-bond donors (Lipinski definition) is 6. The average Bonchev–Trinajstić information content (AvgIpc) is 3.31. The number of hydrogen-bond acceptors (Lipinski definition) is 10. The highest BCUT2D eigenvalue weighted by Crippen LogP contribution is 2.26. The molecule has 0 spiro atoms. The number of carbonyl (C=O) groups excluding carboxylic acids is 2. The minimum atomic E-state index is -1.64. The molecule has 0 aliphatic carbocycles. The Bertz CT molecular complexity index is 1480. The van der Waals surface area contributed by atoms with E-state index < -0.39 is 67.4 Å². The second kappa shape index (κ2) is 42.7. The molecule has 66 heavy (non-hydrogen) atoms. The SMILES string of the molecule is CC/C=C/C=C/C=C\C=C/CCCCCC(=O)OC1C(OCC(NC(=O)C(O)CCCC\C=C/C=C\C=C\C=C\CC)C(O)/C=C/CCCCCCCCCCCC)OC(CO)C(O)C1O. The van der Waals surface area contributed by atoms with Crippen molar-refractivity contribution in [3.63, 3.8) is 0 Å². The van der Waals surface area contributed by atoms with Gasteiger partial charge in [0.1, 0.15) is 24.4 Å². The Morgan fingerprint density at radius 2 is 1.09 bits per heavy atom. The molecular formula is C55H89NO10. The summed E-state index contributed by atoms with van der Waals surface area (Å²) in [4.78, 5) is 26.3. The molecule has 0 aromatic rings. The average molecular weight is 924 g/mol. The van der Waals surface area contributed by atoms with E-state index in [1.165, 1.54) is 44.9 Å². The number of aliphatic hydroxyl groups excluding tert-OH is 5. The van der Waals surface area contributed by atoms with Gasteiger partial charge in [-0.2, -0.15) is 0 Å². The van der Waals surface area contributed by atoms with E-state index in [-0.39, 0.29) is 19.4 Å². The third-order valence-corrected chi connectivity index (χ3v) is 11.1. The molecule has 0 saturated carbocycles. The molecule has 0 radical (unpaired) electrons. The van der Waals surface area contributed by atoms with Crippen LogP contribution in [0.4, 0.5) is 0 Å². The Labute approximate surface area is 398 Å². The van der Waals surface area contributed by atoms with Crippen LogP contribution in [0.25, 0.3) is 0 Å². The summed E-state index contributed by atoms with van der Waals surface area (Å²) in [6, 6.07) is -1.06. The molecular weight excluding hydrogens is 835 g/mol. The first-order valence-electron chi connectivity index (χ1n) is 25.3. The Morgan fingerprint density at radius 1 is 0.606 bits per heavy atom. The van der Waals surface area contributed by atoms with Crippen LogP contribution in [0.3, 0.4) is 0 Å². The second-order valence-corrected chi connectivity index (χ2v) is 17.0. The zero-order valence-electron chi connectivity index (χ0n) is 40.8. The van der Waals surface area contributed by atoms with Crippen molar-refractivity contribution in [2.75, 3.05) is 13.2 Å². The third-order valence-electron chi connectivity index (χ3n) is 11.1. The number of amides is 1. The Balaban J connectivity index is 2.87. The van der Waals surface area contributed by atoms with E-state index in [2.05, 4.69) is 44.3 Å². The highest BCUT2D eigenvalue weighted by atomic mass is 16.7. The number of rotatable bonds is 39. The maximum absolute atomic E-state index is 13.3. The van der Waals surface area contributed by atoms with Crippen molar-refractivity contribution >= 4 is 11.9 Å². The summed E-state index contributed by atoms with van der Waals surface area (Å²) < 4.78 is 17.4. The number of carbonyl (C=O) groups is 2. The van der Waals surface area contributed by atoms with Crippen LogP contribution in [-0.4, -0.2) is 99.6 Å². The molecule has 11 heteroatoms. The Kier molecular flexibility index (Phi) is 39.0. The lowest BCUT2D eigenvalue weighted by atomic mass is 9.99. The van der Waals surface area contributed by atoms with E-state index >= 15 is 0 Å². The lowest BCUT2D eigenvalue weighted by Gasteiger charge is -2.41. The van der Waals surface area contributed by atoms with Gasteiger partial charge >= 0.3 is 5.97 Å². The zero-order valence-corrected chi connectivity index (χ0v) is 40.8. The lowest BCUT2D eigenvalue weighted by molar-refractivity contribution is -0.305. The van der Waals surface area contributed by atoms with Gasteiger partial charge in [-0.25, -0.2) is 0 Å². The first-order chi connectivity index (χ1) is 32.2. The largest absolute Gasteiger partial charge is 0.454 e. The summed E-state index contributed by atoms with van der Waals surface area (Å²) in [6.07, 6.45) is 45.8. The van der Waals surface area contributed by atoms with E-state index in [0.717, 1.165) is 70.6 Å². The second-order valence-electron chi connectivity index (χ2n) is 17.0. The topological polar surface area (TPSA) is 175 Å².